The minimum absolute atomic E-state index is 0.000365. The Balaban J connectivity index is 0.733. The lowest BCUT2D eigenvalue weighted by molar-refractivity contribution is -0.147. The minimum Gasteiger partial charge on any atom is -0.493 e. The normalized spacial score (nSPS) is 19.4. The highest BCUT2D eigenvalue weighted by molar-refractivity contribution is 6.04. The fourth-order valence-electron chi connectivity index (χ4n) is 14.9. The maximum absolute atomic E-state index is 14.6. The summed E-state index contributed by atoms with van der Waals surface area (Å²) in [6.45, 7) is 17.0. The van der Waals surface area contributed by atoms with Gasteiger partial charge in [0.25, 0.3) is 11.8 Å². The standard InChI is InChI=1S/C77H99N9O13/c1-43(2)68(78-9)74(90)82-69(44(3)4)77(93)83(10)70(45(5)6)66(96-13)38-67(87)84-27-18-24-61(84)72(97-14)46(7)73(89)81-47(8)71(88)52-23-17-22-48(30-52)50-25-26-51-33-56-40-80-60-37-65(63(95-12)35-58(60)76(92)86(56)42-54(51)31-50)99-29-19-28-98-64-36-59-57(34-62(64)94-11)75(91)85-41-53-21-16-15-20-49(53)32-55(85)39-79-59/h15-17,20-23,25-26,30-31,34-37,39-40,43-47,55-56,61,66,68-72,78,88H,18-19,24,27-29,32-33,38,41-42H2,1-14H3,(H,81,89)(H,82,90)/t46-,47-,55+,56+,61+,66-,68?,69+,70+,71-,72-/m1/s1. The van der Waals surface area contributed by atoms with Crippen molar-refractivity contribution in [2.45, 2.75) is 168 Å². The van der Waals surface area contributed by atoms with Crippen molar-refractivity contribution in [2.75, 3.05) is 62.3 Å². The first-order chi connectivity index (χ1) is 47.5. The molecule has 1 saturated heterocycles. The fraction of sp³-hybridized carbons (Fsp3) is 0.506. The molecule has 22 nitrogen and oxygen atoms in total. The van der Waals surface area contributed by atoms with Crippen LogP contribution in [0.2, 0.25) is 0 Å². The molecule has 6 amide bonds. The van der Waals surface area contributed by atoms with Gasteiger partial charge in [0.05, 0.1) is 117 Å². The van der Waals surface area contributed by atoms with Gasteiger partial charge in [-0.2, -0.15) is 0 Å². The predicted octanol–water partition coefficient (Wildman–Crippen LogP) is 9.24. The van der Waals surface area contributed by atoms with Gasteiger partial charge in [0, 0.05) is 71.9 Å². The maximum Gasteiger partial charge on any atom is 0.257 e. The number of likely N-dealkylation sites (N-methyl/N-ethyl adjacent to an activating group) is 2. The quantitative estimate of drug-likeness (QED) is 0.0341. The molecular weight excluding hydrogens is 1260 g/mol. The van der Waals surface area contributed by atoms with Crippen molar-refractivity contribution in [3.05, 3.63) is 130 Å². The number of benzene rings is 5. The Morgan fingerprint density at radius 1 is 0.636 bits per heavy atom. The number of hydrogen-bond donors (Lipinski definition) is 4. The molecule has 0 aromatic heterocycles. The summed E-state index contributed by atoms with van der Waals surface area (Å²) in [4.78, 5) is 102. The zero-order chi connectivity index (χ0) is 71.1. The number of amides is 6. The summed E-state index contributed by atoms with van der Waals surface area (Å²) in [5.74, 6) is -0.711. The van der Waals surface area contributed by atoms with Crippen LogP contribution in [0.15, 0.2) is 101 Å². The lowest BCUT2D eigenvalue weighted by atomic mass is 9.90. The van der Waals surface area contributed by atoms with E-state index < -0.39 is 54.4 Å². The molecule has 5 aliphatic heterocycles. The van der Waals surface area contributed by atoms with Crippen molar-refractivity contribution in [3.63, 3.8) is 0 Å². The van der Waals surface area contributed by atoms with Crippen molar-refractivity contribution in [1.29, 1.82) is 0 Å². The second-order valence-corrected chi connectivity index (χ2v) is 27.9. The van der Waals surface area contributed by atoms with E-state index in [1.54, 1.807) is 76.2 Å². The van der Waals surface area contributed by atoms with Crippen LogP contribution in [0.5, 0.6) is 23.0 Å². The maximum atomic E-state index is 14.6. The number of aliphatic imine (C=N–C) groups is 2. The molecule has 0 radical (unpaired) electrons. The second kappa shape index (κ2) is 32.1. The zero-order valence-electron chi connectivity index (χ0n) is 59.7. The Bertz CT molecular complexity index is 3840. The molecule has 4 N–H and O–H groups in total. The summed E-state index contributed by atoms with van der Waals surface area (Å²) in [5, 5.41) is 21.0. The Kier molecular flexibility index (Phi) is 23.7. The highest BCUT2D eigenvalue weighted by atomic mass is 16.5. The Morgan fingerprint density at radius 3 is 1.77 bits per heavy atom. The average Bonchev–Trinajstić information content (AvgIpc) is 1.72. The lowest BCUT2D eigenvalue weighted by Crippen LogP contribution is -2.59. The molecule has 22 heteroatoms. The van der Waals surface area contributed by atoms with Crippen LogP contribution in [0, 0.1) is 23.7 Å². The number of likely N-dealkylation sites (tertiary alicyclic amines) is 1. The van der Waals surface area contributed by atoms with Gasteiger partial charge in [-0.1, -0.05) is 103 Å². The Morgan fingerprint density at radius 2 is 1.21 bits per heavy atom. The van der Waals surface area contributed by atoms with Crippen molar-refractivity contribution in [1.82, 2.24) is 35.6 Å². The van der Waals surface area contributed by atoms with E-state index in [9.17, 15) is 33.9 Å². The summed E-state index contributed by atoms with van der Waals surface area (Å²) in [6, 6.07) is 25.4. The summed E-state index contributed by atoms with van der Waals surface area (Å²) < 4.78 is 36.1. The van der Waals surface area contributed by atoms with Gasteiger partial charge in [-0.05, 0) is 121 Å². The van der Waals surface area contributed by atoms with Gasteiger partial charge >= 0.3 is 0 Å². The molecule has 5 heterocycles. The van der Waals surface area contributed by atoms with E-state index in [2.05, 4.69) is 40.2 Å². The number of carbonyl (C=O) groups is 6. The van der Waals surface area contributed by atoms with Crippen molar-refractivity contribution in [2.24, 2.45) is 33.7 Å². The van der Waals surface area contributed by atoms with Crippen LogP contribution in [0.25, 0.3) is 11.1 Å². The summed E-state index contributed by atoms with van der Waals surface area (Å²) in [7, 11) is 9.58. The van der Waals surface area contributed by atoms with Gasteiger partial charge in [-0.15, -0.1) is 0 Å². The van der Waals surface area contributed by atoms with Gasteiger partial charge in [-0.25, -0.2) is 0 Å². The third-order valence-electron chi connectivity index (χ3n) is 20.4. The van der Waals surface area contributed by atoms with Crippen molar-refractivity contribution >= 4 is 59.2 Å². The van der Waals surface area contributed by atoms with Crippen LogP contribution < -0.4 is 34.9 Å². The molecule has 0 spiro atoms. The van der Waals surface area contributed by atoms with Crippen molar-refractivity contribution < 1.29 is 62.3 Å². The van der Waals surface area contributed by atoms with Gasteiger partial charge in [0.1, 0.15) is 6.04 Å². The van der Waals surface area contributed by atoms with E-state index in [1.807, 2.05) is 106 Å². The first kappa shape index (κ1) is 73.0. The van der Waals surface area contributed by atoms with Gasteiger partial charge in [-0.3, -0.25) is 38.8 Å². The highest BCUT2D eigenvalue weighted by Gasteiger charge is 2.44. The molecule has 5 aromatic rings. The molecule has 11 atom stereocenters. The van der Waals surface area contributed by atoms with Crippen molar-refractivity contribution in [3.8, 4) is 34.1 Å². The number of carbonyl (C=O) groups excluding carboxylic acids is 6. The van der Waals surface area contributed by atoms with Crippen LogP contribution in [-0.4, -0.2) is 189 Å². The van der Waals surface area contributed by atoms with E-state index in [-0.39, 0.29) is 84.9 Å². The highest BCUT2D eigenvalue weighted by Crippen LogP contribution is 2.42. The van der Waals surface area contributed by atoms with Gasteiger partial charge in [0.15, 0.2) is 23.0 Å². The first-order valence-corrected chi connectivity index (χ1v) is 34.8. The summed E-state index contributed by atoms with van der Waals surface area (Å²) in [6.07, 6.45) is 4.22. The molecule has 5 aliphatic rings. The van der Waals surface area contributed by atoms with Gasteiger partial charge in [0.2, 0.25) is 23.6 Å². The van der Waals surface area contributed by atoms with Crippen LogP contribution in [0.3, 0.4) is 0 Å². The number of ether oxygens (including phenoxy) is 6. The number of aliphatic hydroxyl groups is 1. The molecule has 530 valence electrons. The van der Waals surface area contributed by atoms with Gasteiger partial charge < -0.3 is 69.1 Å². The lowest BCUT2D eigenvalue weighted by Gasteiger charge is -2.40. The Hall–Kier alpha value is -8.70. The van der Waals surface area contributed by atoms with Crippen LogP contribution in [0.4, 0.5) is 11.4 Å². The number of rotatable bonds is 28. The molecule has 1 unspecified atom stereocenters. The minimum atomic E-state index is -1.09. The number of hydrogen-bond acceptors (Lipinski definition) is 16. The van der Waals surface area contributed by atoms with E-state index >= 15 is 0 Å². The Labute approximate surface area is 582 Å². The average molecular weight is 1360 g/mol. The third-order valence-corrected chi connectivity index (χ3v) is 20.4. The van der Waals surface area contributed by atoms with E-state index in [0.29, 0.717) is 103 Å². The largest absolute Gasteiger partial charge is 0.493 e. The van der Waals surface area contributed by atoms with E-state index in [4.69, 9.17) is 38.4 Å². The molecule has 10 rings (SSSR count). The monoisotopic (exact) mass is 1360 g/mol. The fourth-order valence-corrected chi connectivity index (χ4v) is 14.9. The zero-order valence-corrected chi connectivity index (χ0v) is 59.7. The molecule has 99 heavy (non-hydrogen) atoms. The number of nitrogens with zero attached hydrogens (tertiary/aromatic N) is 6. The molecular formula is C77H99N9O13. The third kappa shape index (κ3) is 15.8. The molecule has 0 aliphatic carbocycles. The summed E-state index contributed by atoms with van der Waals surface area (Å²) in [5.41, 5.74) is 8.57. The van der Waals surface area contributed by atoms with Crippen LogP contribution in [0.1, 0.15) is 136 Å². The second-order valence-electron chi connectivity index (χ2n) is 27.9. The molecule has 0 saturated carbocycles. The topological polar surface area (TPSA) is 252 Å². The van der Waals surface area contributed by atoms with Crippen LogP contribution >= 0.6 is 0 Å². The number of aliphatic hydroxyl groups excluding tert-OH is 1. The molecule has 0 bridgehead atoms. The number of nitrogens with one attached hydrogen (secondary N) is 3. The summed E-state index contributed by atoms with van der Waals surface area (Å²) >= 11 is 0. The van der Waals surface area contributed by atoms with Crippen LogP contribution in [-0.2, 0) is 54.6 Å². The molecule has 1 fully saturated rings. The predicted molar refractivity (Wildman–Crippen MR) is 379 cm³/mol. The SMILES string of the molecule is CNC(C(=O)N[C@H](C(=O)N(C)[C@@H](C(C)C)[C@@H](CC(=O)N1CCC[C@H]1[C@H](OC)[C@@H](C)C(=O)N[C@H](C)[C@@H](O)c1cccc(-c2ccc3c(c2)CN2C(=O)c4cc(OC)c(OCCCOc5cc6c(cc5OC)C(=O)N5Cc7ccccc7C[C@H]5C=N6)cc4N=C[C@@H]2C3)c1)OC)C(C)C)C(C)C. The van der Waals surface area contributed by atoms with E-state index in [0.717, 1.165) is 27.8 Å². The first-order valence-electron chi connectivity index (χ1n) is 34.8. The number of fused-ring (bicyclic) bond motifs is 6. The smallest absolute Gasteiger partial charge is 0.257 e. The number of methoxy groups -OCH3 is 4. The molecule has 5 aromatic carbocycles. The van der Waals surface area contributed by atoms with E-state index in [1.165, 1.54) is 19.8 Å².